The summed E-state index contributed by atoms with van der Waals surface area (Å²) in [7, 11) is 1.67. The first-order chi connectivity index (χ1) is 19.7. The van der Waals surface area contributed by atoms with E-state index in [1.807, 2.05) is 0 Å². The summed E-state index contributed by atoms with van der Waals surface area (Å²) in [6.07, 6.45) is 33.7. The fraction of sp³-hybridized carbons (Fsp3) is 0.971. The molecule has 1 amide bonds. The van der Waals surface area contributed by atoms with E-state index in [2.05, 4.69) is 19.2 Å². The number of hydrogen-bond donors (Lipinski definition) is 1. The van der Waals surface area contributed by atoms with Gasteiger partial charge in [-0.2, -0.15) is 0 Å². The number of alkyl carbamates (subject to hydrolysis) is 1. The minimum atomic E-state index is -0.262. The molecule has 1 unspecified atom stereocenters. The van der Waals surface area contributed by atoms with Gasteiger partial charge in [-0.3, -0.25) is 0 Å². The van der Waals surface area contributed by atoms with Gasteiger partial charge in [0.05, 0.1) is 13.2 Å². The zero-order valence-corrected chi connectivity index (χ0v) is 27.4. The minimum absolute atomic E-state index is 0.0556. The molecule has 0 saturated heterocycles. The third kappa shape index (κ3) is 31.7. The number of unbranched alkanes of at least 4 members (excludes halogenated alkanes) is 21. The highest BCUT2D eigenvalue weighted by atomic mass is 16.6. The Morgan fingerprint density at radius 1 is 0.525 bits per heavy atom. The van der Waals surface area contributed by atoms with Crippen LogP contribution in [-0.4, -0.2) is 45.7 Å². The molecule has 0 rings (SSSR count). The van der Waals surface area contributed by atoms with E-state index in [0.717, 1.165) is 25.7 Å². The lowest BCUT2D eigenvalue weighted by atomic mass is 10.0. The van der Waals surface area contributed by atoms with Crippen LogP contribution in [0.3, 0.4) is 0 Å². The number of carbonyl (C=O) groups is 1. The third-order valence-corrected chi connectivity index (χ3v) is 7.95. The van der Waals surface area contributed by atoms with Gasteiger partial charge in [0.2, 0.25) is 0 Å². The quantitative estimate of drug-likeness (QED) is 0.0799. The van der Waals surface area contributed by atoms with Crippen molar-refractivity contribution in [2.45, 2.75) is 187 Å². The Morgan fingerprint density at radius 3 is 1.32 bits per heavy atom. The van der Waals surface area contributed by atoms with Crippen molar-refractivity contribution in [2.24, 2.45) is 0 Å². The van der Waals surface area contributed by atoms with E-state index in [9.17, 15) is 4.79 Å². The van der Waals surface area contributed by atoms with Gasteiger partial charge in [-0.05, 0) is 32.1 Å². The Balaban J connectivity index is 3.94. The van der Waals surface area contributed by atoms with E-state index in [0.29, 0.717) is 26.4 Å². The fourth-order valence-electron chi connectivity index (χ4n) is 5.31. The first-order valence-corrected chi connectivity index (χ1v) is 17.8. The second kappa shape index (κ2) is 34.4. The van der Waals surface area contributed by atoms with E-state index in [-0.39, 0.29) is 12.2 Å². The van der Waals surface area contributed by atoms with Crippen LogP contribution in [0.15, 0.2) is 0 Å². The first kappa shape index (κ1) is 39.2. The molecule has 0 aromatic carbocycles. The topological polar surface area (TPSA) is 56.8 Å². The van der Waals surface area contributed by atoms with E-state index in [4.69, 9.17) is 14.2 Å². The molecule has 0 fully saturated rings. The number of methoxy groups -OCH3 is 1. The van der Waals surface area contributed by atoms with Crippen LogP contribution in [0.5, 0.6) is 0 Å². The monoisotopic (exact) mass is 570 g/mol. The van der Waals surface area contributed by atoms with Crippen molar-refractivity contribution in [1.82, 2.24) is 5.32 Å². The second-order valence-electron chi connectivity index (χ2n) is 11.9. The zero-order valence-electron chi connectivity index (χ0n) is 27.4. The zero-order chi connectivity index (χ0) is 29.2. The molecule has 240 valence electrons. The average Bonchev–Trinajstić information content (AvgIpc) is 2.95. The molecule has 0 aliphatic rings. The largest absolute Gasteiger partial charge is 0.446 e. The normalized spacial score (nSPS) is 12.1. The van der Waals surface area contributed by atoms with Crippen molar-refractivity contribution in [2.75, 3.05) is 33.5 Å². The van der Waals surface area contributed by atoms with Crippen LogP contribution in [-0.2, 0) is 14.2 Å². The summed E-state index contributed by atoms with van der Waals surface area (Å²) in [5.41, 5.74) is 0. The van der Waals surface area contributed by atoms with Crippen molar-refractivity contribution < 1.29 is 19.0 Å². The van der Waals surface area contributed by atoms with E-state index in [1.165, 1.54) is 141 Å². The predicted molar refractivity (Wildman–Crippen MR) is 172 cm³/mol. The first-order valence-electron chi connectivity index (χ1n) is 17.8. The van der Waals surface area contributed by atoms with Crippen molar-refractivity contribution in [3.05, 3.63) is 0 Å². The van der Waals surface area contributed by atoms with Gasteiger partial charge in [-0.15, -0.1) is 0 Å². The summed E-state index contributed by atoms with van der Waals surface area (Å²) in [6.45, 7) is 6.99. The molecule has 0 radical (unpaired) electrons. The smallest absolute Gasteiger partial charge is 0.407 e. The highest BCUT2D eigenvalue weighted by molar-refractivity contribution is 5.67. The van der Waals surface area contributed by atoms with Crippen LogP contribution in [0, 0.1) is 0 Å². The Kier molecular flexibility index (Phi) is 33.7. The predicted octanol–water partition coefficient (Wildman–Crippen LogP) is 10.9. The maximum Gasteiger partial charge on any atom is 0.407 e. The maximum atomic E-state index is 12.4. The molecule has 0 bridgehead atoms. The summed E-state index contributed by atoms with van der Waals surface area (Å²) in [4.78, 5) is 12.4. The van der Waals surface area contributed by atoms with Crippen LogP contribution in [0.1, 0.15) is 181 Å². The van der Waals surface area contributed by atoms with Crippen LogP contribution in [0.25, 0.3) is 0 Å². The number of carbonyl (C=O) groups excluding carboxylic acids is 1. The van der Waals surface area contributed by atoms with E-state index >= 15 is 0 Å². The standard InChI is InChI=1S/C35H71NO4/c1-4-6-8-10-12-14-15-16-17-18-19-20-22-24-26-29-34(28-25-23-21-13-11-9-7-5-2)40-35(37)36-30-27-31-39-33-32-38-3/h34H,4-33H2,1-3H3,(H,36,37). The lowest BCUT2D eigenvalue weighted by Gasteiger charge is -2.18. The minimum Gasteiger partial charge on any atom is -0.446 e. The van der Waals surface area contributed by atoms with Crippen LogP contribution in [0.4, 0.5) is 4.79 Å². The molecular formula is C35H71NO4. The molecule has 0 aliphatic heterocycles. The van der Waals surface area contributed by atoms with Gasteiger partial charge < -0.3 is 19.5 Å². The summed E-state index contributed by atoms with van der Waals surface area (Å²) >= 11 is 0. The third-order valence-electron chi connectivity index (χ3n) is 7.95. The molecule has 1 atom stereocenters. The Bertz CT molecular complexity index is 488. The molecule has 0 aromatic rings. The number of rotatable bonds is 33. The van der Waals surface area contributed by atoms with Gasteiger partial charge in [0.15, 0.2) is 0 Å². The highest BCUT2D eigenvalue weighted by Crippen LogP contribution is 2.18. The molecule has 0 heterocycles. The molecule has 0 saturated carbocycles. The molecular weight excluding hydrogens is 498 g/mol. The van der Waals surface area contributed by atoms with Crippen molar-refractivity contribution in [1.29, 1.82) is 0 Å². The van der Waals surface area contributed by atoms with Gasteiger partial charge in [-0.1, -0.05) is 149 Å². The highest BCUT2D eigenvalue weighted by Gasteiger charge is 2.14. The lowest BCUT2D eigenvalue weighted by molar-refractivity contribution is 0.0670. The molecule has 1 N–H and O–H groups in total. The molecule has 5 nitrogen and oxygen atoms in total. The number of ether oxygens (including phenoxy) is 3. The summed E-state index contributed by atoms with van der Waals surface area (Å²) in [5, 5.41) is 2.92. The molecule has 5 heteroatoms. The van der Waals surface area contributed by atoms with Gasteiger partial charge in [0.1, 0.15) is 6.10 Å². The van der Waals surface area contributed by atoms with Crippen molar-refractivity contribution in [3.63, 3.8) is 0 Å². The Labute approximate surface area is 250 Å². The molecule has 40 heavy (non-hydrogen) atoms. The van der Waals surface area contributed by atoms with Crippen LogP contribution >= 0.6 is 0 Å². The van der Waals surface area contributed by atoms with Gasteiger partial charge in [-0.25, -0.2) is 4.79 Å². The van der Waals surface area contributed by atoms with Crippen LogP contribution in [0.2, 0.25) is 0 Å². The SMILES string of the molecule is CCCCCCCCCCCCCCCCCC(CCCCCCCCCC)OC(=O)NCCCOCCOC. The maximum absolute atomic E-state index is 12.4. The van der Waals surface area contributed by atoms with Gasteiger partial charge in [0, 0.05) is 20.3 Å². The summed E-state index contributed by atoms with van der Waals surface area (Å²) in [6, 6.07) is 0. The second-order valence-corrected chi connectivity index (χ2v) is 11.9. The molecule has 0 spiro atoms. The summed E-state index contributed by atoms with van der Waals surface area (Å²) in [5.74, 6) is 0. The fourth-order valence-corrected chi connectivity index (χ4v) is 5.31. The molecule has 0 aromatic heterocycles. The molecule has 0 aliphatic carbocycles. The van der Waals surface area contributed by atoms with Gasteiger partial charge >= 0.3 is 6.09 Å². The Morgan fingerprint density at radius 2 is 0.925 bits per heavy atom. The lowest BCUT2D eigenvalue weighted by Crippen LogP contribution is -2.30. The summed E-state index contributed by atoms with van der Waals surface area (Å²) < 4.78 is 16.3. The van der Waals surface area contributed by atoms with Crippen molar-refractivity contribution >= 4 is 6.09 Å². The van der Waals surface area contributed by atoms with Gasteiger partial charge in [0.25, 0.3) is 0 Å². The number of nitrogens with one attached hydrogen (secondary N) is 1. The van der Waals surface area contributed by atoms with Crippen molar-refractivity contribution in [3.8, 4) is 0 Å². The Hall–Kier alpha value is -0.810. The number of amides is 1. The average molecular weight is 570 g/mol. The van der Waals surface area contributed by atoms with Crippen LogP contribution < -0.4 is 5.32 Å². The van der Waals surface area contributed by atoms with E-state index in [1.54, 1.807) is 7.11 Å². The van der Waals surface area contributed by atoms with E-state index < -0.39 is 0 Å². The number of hydrogen-bond acceptors (Lipinski definition) is 4.